The Morgan fingerprint density at radius 2 is 2.21 bits per heavy atom. The topological polar surface area (TPSA) is 53.4 Å². The molecule has 0 spiro atoms. The van der Waals surface area contributed by atoms with Gasteiger partial charge in [0.15, 0.2) is 0 Å². The lowest BCUT2D eigenvalue weighted by molar-refractivity contribution is 0.206. The molecule has 6 nitrogen and oxygen atoms in total. The first-order chi connectivity index (χ1) is 11.5. The maximum absolute atomic E-state index is 12.3. The fourth-order valence-electron chi connectivity index (χ4n) is 3.20. The van der Waals surface area contributed by atoms with Crippen molar-refractivity contribution < 1.29 is 4.79 Å². The molecule has 1 aliphatic heterocycles. The molecule has 1 atom stereocenters. The van der Waals surface area contributed by atoms with Gasteiger partial charge in [0.1, 0.15) is 0 Å². The predicted molar refractivity (Wildman–Crippen MR) is 95.0 cm³/mol. The Kier molecular flexibility index (Phi) is 4.74. The Morgan fingerprint density at radius 3 is 2.96 bits per heavy atom. The molecule has 0 saturated carbocycles. The summed E-state index contributed by atoms with van der Waals surface area (Å²) < 4.78 is 1.74. The molecule has 3 rings (SSSR count). The van der Waals surface area contributed by atoms with Crippen molar-refractivity contribution in [2.45, 2.75) is 25.9 Å². The third kappa shape index (κ3) is 3.53. The van der Waals surface area contributed by atoms with Crippen LogP contribution >= 0.6 is 0 Å². The fraction of sp³-hybridized carbons (Fsp3) is 0.444. The number of hydrogen-bond donors (Lipinski definition) is 1. The number of rotatable bonds is 5. The maximum atomic E-state index is 12.3. The van der Waals surface area contributed by atoms with Gasteiger partial charge < -0.3 is 15.1 Å². The summed E-state index contributed by atoms with van der Waals surface area (Å²) in [5.41, 5.74) is 3.71. The van der Waals surface area contributed by atoms with Gasteiger partial charge in [0, 0.05) is 50.7 Å². The minimum absolute atomic E-state index is 0.0572. The molecular formula is C18H25N5O. The number of hydrogen-bond acceptors (Lipinski definition) is 3. The smallest absolute Gasteiger partial charge is 0.317 e. The van der Waals surface area contributed by atoms with Gasteiger partial charge in [0.2, 0.25) is 0 Å². The van der Waals surface area contributed by atoms with Crippen LogP contribution in [-0.2, 0) is 20.0 Å². The van der Waals surface area contributed by atoms with E-state index in [4.69, 9.17) is 0 Å². The van der Waals surface area contributed by atoms with E-state index in [1.54, 1.807) is 22.8 Å². The van der Waals surface area contributed by atoms with Gasteiger partial charge in [-0.25, -0.2) is 4.79 Å². The molecule has 2 heterocycles. The van der Waals surface area contributed by atoms with Crippen molar-refractivity contribution in [3.05, 3.63) is 47.8 Å². The third-order valence-electron chi connectivity index (χ3n) is 4.53. The molecule has 2 amide bonds. The standard InChI is InChI=1S/C18H25N5O/c1-14(23-9-8-16-6-4-5-7-17(16)23)10-19-18(24)21(2)12-15-11-20-22(3)13-15/h4-7,11,13-14H,8-10,12H2,1-3H3,(H,19,24)/t14-/m0/s1. The Balaban J connectivity index is 1.51. The van der Waals surface area contributed by atoms with Gasteiger partial charge in [0.25, 0.3) is 0 Å². The molecule has 0 radical (unpaired) electrons. The van der Waals surface area contributed by atoms with Crippen LogP contribution < -0.4 is 10.2 Å². The van der Waals surface area contributed by atoms with E-state index < -0.39 is 0 Å². The van der Waals surface area contributed by atoms with Crippen LogP contribution in [0.2, 0.25) is 0 Å². The van der Waals surface area contributed by atoms with Gasteiger partial charge in [0.05, 0.1) is 12.7 Å². The predicted octanol–water partition coefficient (Wildman–Crippen LogP) is 2.01. The molecule has 0 unspecified atom stereocenters. The molecule has 0 bridgehead atoms. The van der Waals surface area contributed by atoms with E-state index in [-0.39, 0.29) is 12.1 Å². The number of urea groups is 1. The number of carbonyl (C=O) groups is 1. The van der Waals surface area contributed by atoms with Gasteiger partial charge >= 0.3 is 6.03 Å². The second kappa shape index (κ2) is 6.95. The SMILES string of the molecule is C[C@@H](CNC(=O)N(C)Cc1cnn(C)c1)N1CCc2ccccc21. The van der Waals surface area contributed by atoms with Crippen molar-refractivity contribution in [2.24, 2.45) is 7.05 Å². The molecule has 6 heteroatoms. The highest BCUT2D eigenvalue weighted by Gasteiger charge is 2.23. The minimum Gasteiger partial charge on any atom is -0.366 e. The van der Waals surface area contributed by atoms with Crippen molar-refractivity contribution in [1.29, 1.82) is 0 Å². The molecule has 1 aromatic heterocycles. The number of anilines is 1. The Labute approximate surface area is 143 Å². The van der Waals surface area contributed by atoms with Gasteiger partial charge in [-0.05, 0) is 25.0 Å². The number of fused-ring (bicyclic) bond motifs is 1. The number of amides is 2. The molecule has 2 aromatic rings. The van der Waals surface area contributed by atoms with Crippen LogP contribution in [0.1, 0.15) is 18.1 Å². The van der Waals surface area contributed by atoms with Crippen molar-refractivity contribution >= 4 is 11.7 Å². The zero-order valence-electron chi connectivity index (χ0n) is 14.6. The molecule has 128 valence electrons. The summed E-state index contributed by atoms with van der Waals surface area (Å²) in [6.45, 7) is 4.36. The van der Waals surface area contributed by atoms with Crippen molar-refractivity contribution in [3.8, 4) is 0 Å². The third-order valence-corrected chi connectivity index (χ3v) is 4.53. The van der Waals surface area contributed by atoms with E-state index in [0.717, 1.165) is 18.5 Å². The number of nitrogens with zero attached hydrogens (tertiary/aromatic N) is 4. The Bertz CT molecular complexity index is 711. The zero-order valence-corrected chi connectivity index (χ0v) is 14.6. The van der Waals surface area contributed by atoms with Crippen LogP contribution in [0.25, 0.3) is 0 Å². The molecule has 0 saturated heterocycles. The highest BCUT2D eigenvalue weighted by molar-refractivity contribution is 5.74. The lowest BCUT2D eigenvalue weighted by Crippen LogP contribution is -2.45. The number of aromatic nitrogens is 2. The highest BCUT2D eigenvalue weighted by Crippen LogP contribution is 2.28. The monoisotopic (exact) mass is 327 g/mol. The average Bonchev–Trinajstić information content (AvgIpc) is 3.18. The van der Waals surface area contributed by atoms with Crippen LogP contribution in [0.15, 0.2) is 36.7 Å². The minimum atomic E-state index is -0.0572. The number of aryl methyl sites for hydroxylation is 1. The van der Waals surface area contributed by atoms with Crippen LogP contribution in [0, 0.1) is 0 Å². The molecule has 0 aliphatic carbocycles. The van der Waals surface area contributed by atoms with Gasteiger partial charge in [-0.1, -0.05) is 18.2 Å². The first-order valence-corrected chi connectivity index (χ1v) is 8.35. The second-order valence-electron chi connectivity index (χ2n) is 6.49. The molecule has 1 aliphatic rings. The van der Waals surface area contributed by atoms with Crippen molar-refractivity contribution in [3.63, 3.8) is 0 Å². The first kappa shape index (κ1) is 16.4. The quantitative estimate of drug-likeness (QED) is 0.914. The summed E-state index contributed by atoms with van der Waals surface area (Å²) in [5, 5.41) is 7.16. The molecule has 0 fully saturated rings. The average molecular weight is 327 g/mol. The number of benzene rings is 1. The highest BCUT2D eigenvalue weighted by atomic mass is 16.2. The molecule has 24 heavy (non-hydrogen) atoms. The van der Waals surface area contributed by atoms with E-state index in [2.05, 4.69) is 46.5 Å². The van der Waals surface area contributed by atoms with E-state index in [1.165, 1.54) is 11.3 Å². The van der Waals surface area contributed by atoms with E-state index in [0.29, 0.717) is 13.1 Å². The number of nitrogens with one attached hydrogen (secondary N) is 1. The molecular weight excluding hydrogens is 302 g/mol. The summed E-state index contributed by atoms with van der Waals surface area (Å²) in [7, 11) is 3.68. The van der Waals surface area contributed by atoms with Gasteiger partial charge in [-0.2, -0.15) is 5.10 Å². The fourth-order valence-corrected chi connectivity index (χ4v) is 3.20. The lowest BCUT2D eigenvalue weighted by Gasteiger charge is -2.28. The van der Waals surface area contributed by atoms with Crippen molar-refractivity contribution in [2.75, 3.05) is 25.0 Å². The zero-order chi connectivity index (χ0) is 17.1. The first-order valence-electron chi connectivity index (χ1n) is 8.35. The van der Waals surface area contributed by atoms with Crippen LogP contribution in [-0.4, -0.2) is 46.9 Å². The van der Waals surface area contributed by atoms with E-state index in [9.17, 15) is 4.79 Å². The Morgan fingerprint density at radius 1 is 1.42 bits per heavy atom. The van der Waals surface area contributed by atoms with Gasteiger partial charge in [-0.3, -0.25) is 4.68 Å². The molecule has 1 N–H and O–H groups in total. The van der Waals surface area contributed by atoms with Gasteiger partial charge in [-0.15, -0.1) is 0 Å². The summed E-state index contributed by atoms with van der Waals surface area (Å²) >= 11 is 0. The van der Waals surface area contributed by atoms with Crippen molar-refractivity contribution in [1.82, 2.24) is 20.0 Å². The lowest BCUT2D eigenvalue weighted by atomic mass is 10.2. The van der Waals surface area contributed by atoms with E-state index in [1.807, 2.05) is 13.2 Å². The second-order valence-corrected chi connectivity index (χ2v) is 6.49. The Hall–Kier alpha value is -2.50. The summed E-state index contributed by atoms with van der Waals surface area (Å²) in [4.78, 5) is 16.3. The number of para-hydroxylation sites is 1. The summed E-state index contributed by atoms with van der Waals surface area (Å²) in [6, 6.07) is 8.71. The molecule has 1 aromatic carbocycles. The van der Waals surface area contributed by atoms with Crippen LogP contribution in [0.3, 0.4) is 0 Å². The van der Waals surface area contributed by atoms with Crippen LogP contribution in [0.4, 0.5) is 10.5 Å². The van der Waals surface area contributed by atoms with Crippen LogP contribution in [0.5, 0.6) is 0 Å². The summed E-state index contributed by atoms with van der Waals surface area (Å²) in [5.74, 6) is 0. The maximum Gasteiger partial charge on any atom is 0.317 e. The van der Waals surface area contributed by atoms with E-state index >= 15 is 0 Å². The summed E-state index contributed by atoms with van der Waals surface area (Å²) in [6.07, 6.45) is 4.79. The number of carbonyl (C=O) groups excluding carboxylic acids is 1. The largest absolute Gasteiger partial charge is 0.366 e. The normalized spacial score (nSPS) is 14.4.